The van der Waals surface area contributed by atoms with E-state index in [1.165, 1.54) is 5.56 Å². The number of furan rings is 1. The van der Waals surface area contributed by atoms with Gasteiger partial charge in [-0.1, -0.05) is 38.1 Å². The first-order valence-corrected chi connectivity index (χ1v) is 8.82. The van der Waals surface area contributed by atoms with E-state index in [1.807, 2.05) is 48.5 Å². The van der Waals surface area contributed by atoms with Crippen molar-refractivity contribution in [2.45, 2.75) is 26.4 Å². The fourth-order valence-electron chi connectivity index (χ4n) is 2.61. The zero-order valence-electron chi connectivity index (χ0n) is 15.7. The van der Waals surface area contributed by atoms with Gasteiger partial charge in [0.25, 0.3) is 5.91 Å². The molecule has 0 fully saturated rings. The zero-order chi connectivity index (χ0) is 19.2. The van der Waals surface area contributed by atoms with Crippen LogP contribution in [0, 0.1) is 0 Å². The number of ether oxygens (including phenoxy) is 2. The van der Waals surface area contributed by atoms with Gasteiger partial charge in [0.2, 0.25) is 0 Å². The molecule has 27 heavy (non-hydrogen) atoms. The van der Waals surface area contributed by atoms with Crippen LogP contribution in [-0.4, -0.2) is 13.0 Å². The summed E-state index contributed by atoms with van der Waals surface area (Å²) in [5.74, 6) is 2.21. The van der Waals surface area contributed by atoms with Crippen LogP contribution in [0.15, 0.2) is 65.1 Å². The van der Waals surface area contributed by atoms with Crippen molar-refractivity contribution in [1.29, 1.82) is 0 Å². The minimum atomic E-state index is -0.296. The summed E-state index contributed by atoms with van der Waals surface area (Å²) in [4.78, 5) is 12.4. The van der Waals surface area contributed by atoms with Crippen molar-refractivity contribution in [2.75, 3.05) is 12.4 Å². The van der Waals surface area contributed by atoms with Crippen molar-refractivity contribution in [3.05, 3.63) is 77.7 Å². The fourth-order valence-corrected chi connectivity index (χ4v) is 2.61. The largest absolute Gasteiger partial charge is 0.493 e. The van der Waals surface area contributed by atoms with E-state index in [0.717, 1.165) is 5.69 Å². The summed E-state index contributed by atoms with van der Waals surface area (Å²) in [6, 6.07) is 18.5. The lowest BCUT2D eigenvalue weighted by atomic mass is 10.0. The maximum Gasteiger partial charge on any atom is 0.291 e. The lowest BCUT2D eigenvalue weighted by Crippen LogP contribution is -2.10. The van der Waals surface area contributed by atoms with Gasteiger partial charge in [-0.15, -0.1) is 0 Å². The summed E-state index contributed by atoms with van der Waals surface area (Å²) < 4.78 is 16.6. The number of benzene rings is 2. The Labute approximate surface area is 158 Å². The number of nitrogens with one attached hydrogen (secondary N) is 1. The molecule has 0 radical (unpaired) electrons. The lowest BCUT2D eigenvalue weighted by Gasteiger charge is -2.09. The zero-order valence-corrected chi connectivity index (χ0v) is 15.7. The average Bonchev–Trinajstić information content (AvgIpc) is 3.16. The first kappa shape index (κ1) is 18.6. The second-order valence-corrected chi connectivity index (χ2v) is 6.44. The minimum absolute atomic E-state index is 0.205. The molecule has 0 bridgehead atoms. The van der Waals surface area contributed by atoms with E-state index in [4.69, 9.17) is 13.9 Å². The molecular formula is C22H23NO4. The molecule has 1 N–H and O–H groups in total. The number of para-hydroxylation sites is 2. The van der Waals surface area contributed by atoms with E-state index < -0.39 is 0 Å². The summed E-state index contributed by atoms with van der Waals surface area (Å²) in [6.45, 7) is 4.47. The predicted molar refractivity (Wildman–Crippen MR) is 105 cm³/mol. The molecule has 140 valence electrons. The highest BCUT2D eigenvalue weighted by atomic mass is 16.5. The molecule has 0 atom stereocenters. The van der Waals surface area contributed by atoms with Crippen molar-refractivity contribution in [3.63, 3.8) is 0 Å². The number of amides is 1. The van der Waals surface area contributed by atoms with Crippen LogP contribution in [0.3, 0.4) is 0 Å². The lowest BCUT2D eigenvalue weighted by molar-refractivity contribution is 0.0992. The number of carbonyl (C=O) groups excluding carboxylic acids is 1. The van der Waals surface area contributed by atoms with Gasteiger partial charge in [0.05, 0.1) is 7.11 Å². The SMILES string of the molecule is COc1ccccc1OCc1ccc(C(=O)Nc2ccc(C(C)C)cc2)o1. The van der Waals surface area contributed by atoms with Crippen molar-refractivity contribution in [3.8, 4) is 11.5 Å². The van der Waals surface area contributed by atoms with Crippen molar-refractivity contribution >= 4 is 11.6 Å². The second-order valence-electron chi connectivity index (χ2n) is 6.44. The van der Waals surface area contributed by atoms with Crippen molar-refractivity contribution in [2.24, 2.45) is 0 Å². The molecule has 0 saturated carbocycles. The summed E-state index contributed by atoms with van der Waals surface area (Å²) in [7, 11) is 1.59. The van der Waals surface area contributed by atoms with Crippen LogP contribution in [0.4, 0.5) is 5.69 Å². The van der Waals surface area contributed by atoms with E-state index in [1.54, 1.807) is 19.2 Å². The molecule has 5 heteroatoms. The van der Waals surface area contributed by atoms with Crippen molar-refractivity contribution < 1.29 is 18.7 Å². The molecule has 0 aliphatic carbocycles. The van der Waals surface area contributed by atoms with E-state index in [0.29, 0.717) is 23.2 Å². The van der Waals surface area contributed by atoms with Crippen LogP contribution < -0.4 is 14.8 Å². The molecule has 0 saturated heterocycles. The Morgan fingerprint density at radius 2 is 1.70 bits per heavy atom. The molecule has 3 aromatic rings. The van der Waals surface area contributed by atoms with Gasteiger partial charge in [0.15, 0.2) is 17.3 Å². The number of anilines is 1. The highest BCUT2D eigenvalue weighted by Crippen LogP contribution is 2.27. The summed E-state index contributed by atoms with van der Waals surface area (Å²) in [6.07, 6.45) is 0. The van der Waals surface area contributed by atoms with Crippen LogP contribution in [0.25, 0.3) is 0 Å². The average molecular weight is 365 g/mol. The van der Waals surface area contributed by atoms with Gasteiger partial charge in [0, 0.05) is 5.69 Å². The Bertz CT molecular complexity index is 897. The van der Waals surface area contributed by atoms with E-state index in [9.17, 15) is 4.79 Å². The van der Waals surface area contributed by atoms with E-state index >= 15 is 0 Å². The summed E-state index contributed by atoms with van der Waals surface area (Å²) >= 11 is 0. The third-order valence-electron chi connectivity index (χ3n) is 4.16. The van der Waals surface area contributed by atoms with Crippen LogP contribution in [0.5, 0.6) is 11.5 Å². The molecular weight excluding hydrogens is 342 g/mol. The predicted octanol–water partition coefficient (Wildman–Crippen LogP) is 5.24. The van der Waals surface area contributed by atoms with Gasteiger partial charge in [0.1, 0.15) is 12.4 Å². The Balaban J connectivity index is 1.60. The molecule has 1 heterocycles. The van der Waals surface area contributed by atoms with Gasteiger partial charge in [-0.25, -0.2) is 0 Å². The molecule has 1 amide bonds. The van der Waals surface area contributed by atoms with Crippen LogP contribution in [-0.2, 0) is 6.61 Å². The normalized spacial score (nSPS) is 10.7. The highest BCUT2D eigenvalue weighted by Gasteiger charge is 2.13. The number of hydrogen-bond acceptors (Lipinski definition) is 4. The van der Waals surface area contributed by atoms with Crippen LogP contribution >= 0.6 is 0 Å². The number of methoxy groups -OCH3 is 1. The third kappa shape index (κ3) is 4.70. The van der Waals surface area contributed by atoms with E-state index in [-0.39, 0.29) is 18.3 Å². The quantitative estimate of drug-likeness (QED) is 0.622. The molecule has 5 nitrogen and oxygen atoms in total. The van der Waals surface area contributed by atoms with Gasteiger partial charge in [-0.05, 0) is 47.9 Å². The molecule has 0 aliphatic rings. The van der Waals surface area contributed by atoms with Gasteiger partial charge in [-0.2, -0.15) is 0 Å². The summed E-state index contributed by atoms with van der Waals surface area (Å²) in [5.41, 5.74) is 1.95. The summed E-state index contributed by atoms with van der Waals surface area (Å²) in [5, 5.41) is 2.84. The Hall–Kier alpha value is -3.21. The molecule has 0 aliphatic heterocycles. The number of carbonyl (C=O) groups is 1. The first-order valence-electron chi connectivity index (χ1n) is 8.82. The standard InChI is InChI=1S/C22H23NO4/c1-15(2)16-8-10-17(11-9-16)23-22(24)21-13-12-18(27-21)14-26-20-7-5-4-6-19(20)25-3/h4-13,15H,14H2,1-3H3,(H,23,24). The second kappa shape index (κ2) is 8.45. The molecule has 0 unspecified atom stereocenters. The topological polar surface area (TPSA) is 60.7 Å². The first-order chi connectivity index (χ1) is 13.1. The molecule has 3 rings (SSSR count). The van der Waals surface area contributed by atoms with Crippen LogP contribution in [0.2, 0.25) is 0 Å². The smallest absolute Gasteiger partial charge is 0.291 e. The van der Waals surface area contributed by atoms with E-state index in [2.05, 4.69) is 19.2 Å². The Morgan fingerprint density at radius 3 is 2.37 bits per heavy atom. The van der Waals surface area contributed by atoms with Crippen molar-refractivity contribution in [1.82, 2.24) is 0 Å². The Kier molecular flexibility index (Phi) is 5.81. The fraction of sp³-hybridized carbons (Fsp3) is 0.227. The molecule has 2 aromatic carbocycles. The Morgan fingerprint density at radius 1 is 1.00 bits per heavy atom. The van der Waals surface area contributed by atoms with Gasteiger partial charge >= 0.3 is 0 Å². The number of rotatable bonds is 7. The molecule has 1 aromatic heterocycles. The minimum Gasteiger partial charge on any atom is -0.493 e. The molecule has 0 spiro atoms. The number of hydrogen-bond donors (Lipinski definition) is 1. The highest BCUT2D eigenvalue weighted by molar-refractivity contribution is 6.02. The van der Waals surface area contributed by atoms with Gasteiger partial charge in [-0.3, -0.25) is 4.79 Å². The van der Waals surface area contributed by atoms with Crippen LogP contribution in [0.1, 0.15) is 41.6 Å². The maximum atomic E-state index is 12.4. The third-order valence-corrected chi connectivity index (χ3v) is 4.16. The maximum absolute atomic E-state index is 12.4. The monoisotopic (exact) mass is 365 g/mol. The van der Waals surface area contributed by atoms with Gasteiger partial charge < -0.3 is 19.2 Å².